The molecule has 1 N–H and O–H groups in total. The van der Waals surface area contributed by atoms with Crippen molar-refractivity contribution in [3.05, 3.63) is 29.3 Å². The molecule has 1 heterocycles. The van der Waals surface area contributed by atoms with E-state index in [9.17, 15) is 18.0 Å². The zero-order valence-electron chi connectivity index (χ0n) is 15.1. The van der Waals surface area contributed by atoms with E-state index in [1.54, 1.807) is 0 Å². The first-order chi connectivity index (χ1) is 13.1. The zero-order chi connectivity index (χ0) is 20.9. The number of hydrogen-bond donors (Lipinski definition) is 1. The van der Waals surface area contributed by atoms with Crippen molar-refractivity contribution in [3.8, 4) is 0 Å². The van der Waals surface area contributed by atoms with Gasteiger partial charge in [0, 0.05) is 5.02 Å². The van der Waals surface area contributed by atoms with Gasteiger partial charge >= 0.3 is 5.97 Å². The molecule has 0 aliphatic rings. The fraction of sp³-hybridized carbons (Fsp3) is 0.333. The molecule has 0 unspecified atom stereocenters. The molecular formula is C15H17ClN4O5S3. The second-order valence-electron chi connectivity index (χ2n) is 5.44. The third kappa shape index (κ3) is 6.06. The van der Waals surface area contributed by atoms with Crippen LogP contribution in [0.3, 0.4) is 0 Å². The predicted octanol–water partition coefficient (Wildman–Crippen LogP) is 2.25. The summed E-state index contributed by atoms with van der Waals surface area (Å²) < 4.78 is 30.5. The van der Waals surface area contributed by atoms with Crippen LogP contribution in [0, 0.1) is 0 Å². The molecule has 0 spiro atoms. The molecule has 13 heteroatoms. The van der Waals surface area contributed by atoms with Crippen molar-refractivity contribution >= 4 is 67.4 Å². The Morgan fingerprint density at radius 2 is 1.96 bits per heavy atom. The molecular weight excluding hydrogens is 448 g/mol. The van der Waals surface area contributed by atoms with Gasteiger partial charge in [0.25, 0.3) is 0 Å². The highest BCUT2D eigenvalue weighted by Crippen LogP contribution is 2.27. The summed E-state index contributed by atoms with van der Waals surface area (Å²) in [4.78, 5) is 23.7. The number of aromatic nitrogens is 2. The number of anilines is 2. The first-order valence-electron chi connectivity index (χ1n) is 7.70. The quantitative estimate of drug-likeness (QED) is 0.359. The lowest BCUT2D eigenvalue weighted by atomic mass is 10.2. The van der Waals surface area contributed by atoms with Crippen LogP contribution in [-0.4, -0.2) is 55.7 Å². The second kappa shape index (κ2) is 9.54. The van der Waals surface area contributed by atoms with Gasteiger partial charge in [-0.05, 0) is 31.2 Å². The second-order valence-corrected chi connectivity index (χ2v) is 9.93. The number of sulfonamides is 1. The smallest absolute Gasteiger partial charge is 0.316 e. The van der Waals surface area contributed by atoms with Crippen LogP contribution in [0.5, 0.6) is 0 Å². The predicted molar refractivity (Wildman–Crippen MR) is 110 cm³/mol. The number of thioether (sulfide) groups is 1. The van der Waals surface area contributed by atoms with E-state index < -0.39 is 27.9 Å². The highest BCUT2D eigenvalue weighted by molar-refractivity contribution is 8.01. The van der Waals surface area contributed by atoms with E-state index in [4.69, 9.17) is 11.6 Å². The third-order valence-corrected chi connectivity index (χ3v) is 6.79. The Morgan fingerprint density at radius 1 is 1.32 bits per heavy atom. The number of nitrogens with one attached hydrogen (secondary N) is 1. The molecule has 1 amide bonds. The van der Waals surface area contributed by atoms with Gasteiger partial charge in [0.05, 0.1) is 24.8 Å². The SMILES string of the molecule is COC(=O)CSc1nnc(NC(=O)[C@H](C)N(c2ccc(Cl)cc2)S(C)(=O)=O)s1. The topological polar surface area (TPSA) is 119 Å². The Kier molecular flexibility index (Phi) is 7.63. The Balaban J connectivity index is 2.12. The number of carbonyl (C=O) groups is 2. The number of hydrogen-bond acceptors (Lipinski definition) is 9. The largest absolute Gasteiger partial charge is 0.468 e. The summed E-state index contributed by atoms with van der Waals surface area (Å²) in [5.41, 5.74) is 0.307. The number of methoxy groups -OCH3 is 1. The highest BCUT2D eigenvalue weighted by atomic mass is 35.5. The molecule has 9 nitrogen and oxygen atoms in total. The van der Waals surface area contributed by atoms with Crippen molar-refractivity contribution < 1.29 is 22.7 Å². The lowest BCUT2D eigenvalue weighted by Crippen LogP contribution is -2.45. The maximum absolute atomic E-state index is 12.6. The van der Waals surface area contributed by atoms with Gasteiger partial charge in [-0.3, -0.25) is 19.2 Å². The van der Waals surface area contributed by atoms with Crippen LogP contribution >= 0.6 is 34.7 Å². The summed E-state index contributed by atoms with van der Waals surface area (Å²) in [6.07, 6.45) is 1.01. The van der Waals surface area contributed by atoms with E-state index in [2.05, 4.69) is 20.3 Å². The molecule has 1 atom stereocenters. The molecule has 0 aliphatic carbocycles. The van der Waals surface area contributed by atoms with Gasteiger partial charge in [-0.1, -0.05) is 34.7 Å². The average Bonchev–Trinajstić information content (AvgIpc) is 3.07. The number of amides is 1. The first-order valence-corrected chi connectivity index (χ1v) is 11.7. The minimum atomic E-state index is -3.74. The molecule has 28 heavy (non-hydrogen) atoms. The average molecular weight is 465 g/mol. The number of benzene rings is 1. The van der Waals surface area contributed by atoms with Crippen molar-refractivity contribution in [3.63, 3.8) is 0 Å². The van der Waals surface area contributed by atoms with E-state index >= 15 is 0 Å². The summed E-state index contributed by atoms with van der Waals surface area (Å²) in [6.45, 7) is 1.46. The lowest BCUT2D eigenvalue weighted by Gasteiger charge is -2.27. The molecule has 0 radical (unpaired) electrons. The fourth-order valence-corrected chi connectivity index (χ4v) is 4.99. The highest BCUT2D eigenvalue weighted by Gasteiger charge is 2.29. The third-order valence-electron chi connectivity index (χ3n) is 3.35. The van der Waals surface area contributed by atoms with E-state index in [0.29, 0.717) is 15.0 Å². The van der Waals surface area contributed by atoms with Crippen molar-refractivity contribution in [1.82, 2.24) is 10.2 Å². The Labute approximate surface area is 175 Å². The zero-order valence-corrected chi connectivity index (χ0v) is 18.3. The molecule has 0 saturated carbocycles. The number of ether oxygens (including phenoxy) is 1. The van der Waals surface area contributed by atoms with Crippen molar-refractivity contribution in [2.24, 2.45) is 0 Å². The Morgan fingerprint density at radius 3 is 2.54 bits per heavy atom. The van der Waals surface area contributed by atoms with E-state index in [-0.39, 0.29) is 10.9 Å². The van der Waals surface area contributed by atoms with Crippen LogP contribution in [0.25, 0.3) is 0 Å². The van der Waals surface area contributed by atoms with Crippen molar-refractivity contribution in [2.45, 2.75) is 17.3 Å². The molecule has 2 aromatic rings. The summed E-state index contributed by atoms with van der Waals surface area (Å²) in [5, 5.41) is 10.9. The molecule has 0 aliphatic heterocycles. The van der Waals surface area contributed by atoms with Gasteiger partial charge in [0.15, 0.2) is 4.34 Å². The van der Waals surface area contributed by atoms with Crippen LogP contribution in [0.15, 0.2) is 28.6 Å². The number of esters is 1. The van der Waals surface area contributed by atoms with Gasteiger partial charge in [0.1, 0.15) is 6.04 Å². The lowest BCUT2D eigenvalue weighted by molar-refractivity contribution is -0.137. The van der Waals surface area contributed by atoms with Crippen LogP contribution in [0.4, 0.5) is 10.8 Å². The van der Waals surface area contributed by atoms with E-state index in [1.807, 2.05) is 0 Å². The minimum absolute atomic E-state index is 0.0634. The summed E-state index contributed by atoms with van der Waals surface area (Å²) in [5.74, 6) is -0.930. The molecule has 1 aromatic heterocycles. The maximum atomic E-state index is 12.6. The molecule has 0 bridgehead atoms. The van der Waals surface area contributed by atoms with E-state index in [0.717, 1.165) is 33.7 Å². The fourth-order valence-electron chi connectivity index (χ4n) is 2.10. The van der Waals surface area contributed by atoms with Crippen LogP contribution in [-0.2, 0) is 24.3 Å². The summed E-state index contributed by atoms with van der Waals surface area (Å²) >= 11 is 8.03. The number of carbonyl (C=O) groups excluding carboxylic acids is 2. The number of nitrogens with zero attached hydrogens (tertiary/aromatic N) is 3. The van der Waals surface area contributed by atoms with Gasteiger partial charge in [0.2, 0.25) is 21.1 Å². The van der Waals surface area contributed by atoms with Gasteiger partial charge in [-0.25, -0.2) is 8.42 Å². The monoisotopic (exact) mass is 464 g/mol. The van der Waals surface area contributed by atoms with Gasteiger partial charge < -0.3 is 4.74 Å². The Bertz CT molecular complexity index is 949. The minimum Gasteiger partial charge on any atom is -0.468 e. The van der Waals surface area contributed by atoms with Crippen LogP contribution in [0.2, 0.25) is 5.02 Å². The maximum Gasteiger partial charge on any atom is 0.316 e. The summed E-state index contributed by atoms with van der Waals surface area (Å²) in [6, 6.07) is 5.05. The normalized spacial score (nSPS) is 12.3. The van der Waals surface area contributed by atoms with Crippen molar-refractivity contribution in [1.29, 1.82) is 0 Å². The number of rotatable bonds is 8. The molecule has 2 rings (SSSR count). The van der Waals surface area contributed by atoms with E-state index in [1.165, 1.54) is 38.3 Å². The molecule has 0 fully saturated rings. The molecule has 152 valence electrons. The standard InChI is InChI=1S/C15H17ClN4O5S3/c1-9(20(28(3,23)24)11-6-4-10(16)5-7-11)13(22)17-14-18-19-15(27-14)26-8-12(21)25-2/h4-7,9H,8H2,1-3H3,(H,17,18,22)/t9-/m0/s1. The van der Waals surface area contributed by atoms with Crippen LogP contribution in [0.1, 0.15) is 6.92 Å². The summed E-state index contributed by atoms with van der Waals surface area (Å²) in [7, 11) is -2.46. The number of halogens is 1. The van der Waals surface area contributed by atoms with Crippen LogP contribution < -0.4 is 9.62 Å². The van der Waals surface area contributed by atoms with Gasteiger partial charge in [-0.2, -0.15) is 0 Å². The van der Waals surface area contributed by atoms with Gasteiger partial charge in [-0.15, -0.1) is 10.2 Å². The first kappa shape index (κ1) is 22.4. The Hall–Kier alpha value is -1.89. The molecule has 0 saturated heterocycles. The molecule has 1 aromatic carbocycles. The van der Waals surface area contributed by atoms with Crippen molar-refractivity contribution in [2.75, 3.05) is 28.7 Å².